The smallest absolute Gasteiger partial charge is 0.245 e. The van der Waals surface area contributed by atoms with Gasteiger partial charge in [-0.25, -0.2) is 0 Å². The third-order valence-corrected chi connectivity index (χ3v) is 4.27. The van der Waals surface area contributed by atoms with Crippen molar-refractivity contribution in [1.29, 1.82) is 0 Å². The monoisotopic (exact) mass is 400 g/mol. The van der Waals surface area contributed by atoms with Crippen LogP contribution in [0.25, 0.3) is 0 Å². The Kier molecular flexibility index (Phi) is 5.61. The van der Waals surface area contributed by atoms with E-state index in [0.29, 0.717) is 31.8 Å². The summed E-state index contributed by atoms with van der Waals surface area (Å²) >= 11 is 2.26. The number of carbonyl (C=O) groups is 2. The average molecular weight is 400 g/mol. The normalized spacial score (nSPS) is 19.6. The van der Waals surface area contributed by atoms with Gasteiger partial charge in [-0.2, -0.15) is 0 Å². The SMILES string of the molecule is CC(C)CC1NC(=O)CCN(Cc2ccc(I)cc2)C1=O. The van der Waals surface area contributed by atoms with E-state index >= 15 is 0 Å². The van der Waals surface area contributed by atoms with Crippen molar-refractivity contribution in [3.8, 4) is 0 Å². The summed E-state index contributed by atoms with van der Waals surface area (Å²) in [6.45, 7) is 5.19. The van der Waals surface area contributed by atoms with Gasteiger partial charge in [-0.3, -0.25) is 9.59 Å². The summed E-state index contributed by atoms with van der Waals surface area (Å²) < 4.78 is 1.17. The summed E-state index contributed by atoms with van der Waals surface area (Å²) in [7, 11) is 0. The van der Waals surface area contributed by atoms with Crippen molar-refractivity contribution in [1.82, 2.24) is 10.2 Å². The Labute approximate surface area is 139 Å². The number of hydrogen-bond donors (Lipinski definition) is 1. The molecule has 0 radical (unpaired) electrons. The zero-order valence-corrected chi connectivity index (χ0v) is 14.6. The lowest BCUT2D eigenvalue weighted by Crippen LogP contribution is -2.45. The van der Waals surface area contributed by atoms with Crippen molar-refractivity contribution in [2.45, 2.75) is 39.3 Å². The molecule has 0 spiro atoms. The molecule has 114 valence electrons. The highest BCUT2D eigenvalue weighted by Gasteiger charge is 2.30. The Bertz CT molecular complexity index is 514. The fraction of sp³-hybridized carbons (Fsp3) is 0.500. The van der Waals surface area contributed by atoms with Crippen molar-refractivity contribution < 1.29 is 9.59 Å². The summed E-state index contributed by atoms with van der Waals surface area (Å²) in [6, 6.07) is 7.75. The van der Waals surface area contributed by atoms with Gasteiger partial charge in [-0.15, -0.1) is 0 Å². The third-order valence-electron chi connectivity index (χ3n) is 3.55. The first-order valence-electron chi connectivity index (χ1n) is 7.28. The summed E-state index contributed by atoms with van der Waals surface area (Å²) in [5.74, 6) is 0.379. The van der Waals surface area contributed by atoms with Gasteiger partial charge in [0, 0.05) is 23.1 Å². The average Bonchev–Trinajstić information content (AvgIpc) is 2.54. The van der Waals surface area contributed by atoms with Crippen molar-refractivity contribution >= 4 is 34.4 Å². The minimum absolute atomic E-state index is 0.0286. The predicted molar refractivity (Wildman–Crippen MR) is 90.6 cm³/mol. The second-order valence-corrected chi connectivity index (χ2v) is 7.13. The number of benzene rings is 1. The summed E-state index contributed by atoms with van der Waals surface area (Å²) in [5.41, 5.74) is 1.10. The Hall–Kier alpha value is -1.11. The first-order valence-corrected chi connectivity index (χ1v) is 8.36. The Morgan fingerprint density at radius 3 is 2.57 bits per heavy atom. The van der Waals surface area contributed by atoms with Crippen LogP contribution in [-0.4, -0.2) is 29.3 Å². The molecule has 21 heavy (non-hydrogen) atoms. The fourth-order valence-corrected chi connectivity index (χ4v) is 2.85. The summed E-state index contributed by atoms with van der Waals surface area (Å²) in [6.07, 6.45) is 1.07. The highest BCUT2D eigenvalue weighted by molar-refractivity contribution is 14.1. The van der Waals surface area contributed by atoms with E-state index in [1.807, 2.05) is 24.3 Å². The van der Waals surface area contributed by atoms with Gasteiger partial charge >= 0.3 is 0 Å². The fourth-order valence-electron chi connectivity index (χ4n) is 2.49. The highest BCUT2D eigenvalue weighted by Crippen LogP contribution is 2.15. The Morgan fingerprint density at radius 2 is 1.95 bits per heavy atom. The zero-order valence-electron chi connectivity index (χ0n) is 12.4. The summed E-state index contributed by atoms with van der Waals surface area (Å²) in [4.78, 5) is 26.2. The molecule has 4 nitrogen and oxygen atoms in total. The van der Waals surface area contributed by atoms with Crippen LogP contribution in [0.5, 0.6) is 0 Å². The van der Waals surface area contributed by atoms with Crippen LogP contribution in [0.15, 0.2) is 24.3 Å². The molecular formula is C16H21IN2O2. The van der Waals surface area contributed by atoms with E-state index in [1.165, 1.54) is 3.57 Å². The molecule has 1 fully saturated rings. The molecule has 1 aliphatic rings. The molecule has 1 aromatic carbocycles. The molecule has 1 aromatic rings. The maximum Gasteiger partial charge on any atom is 0.245 e. The van der Waals surface area contributed by atoms with Crippen molar-refractivity contribution in [2.24, 2.45) is 5.92 Å². The molecular weight excluding hydrogens is 379 g/mol. The van der Waals surface area contributed by atoms with E-state index in [0.717, 1.165) is 5.56 Å². The van der Waals surface area contributed by atoms with Crippen molar-refractivity contribution in [3.05, 3.63) is 33.4 Å². The molecule has 0 bridgehead atoms. The number of halogens is 1. The lowest BCUT2D eigenvalue weighted by atomic mass is 10.0. The minimum Gasteiger partial charge on any atom is -0.344 e. The van der Waals surface area contributed by atoms with E-state index in [2.05, 4.69) is 41.8 Å². The van der Waals surface area contributed by atoms with Crippen molar-refractivity contribution in [2.75, 3.05) is 6.54 Å². The van der Waals surface area contributed by atoms with E-state index in [1.54, 1.807) is 4.90 Å². The van der Waals surface area contributed by atoms with Crippen LogP contribution in [0, 0.1) is 9.49 Å². The number of rotatable bonds is 4. The Morgan fingerprint density at radius 1 is 1.29 bits per heavy atom. The molecule has 1 atom stereocenters. The molecule has 1 N–H and O–H groups in total. The highest BCUT2D eigenvalue weighted by atomic mass is 127. The number of hydrogen-bond acceptors (Lipinski definition) is 2. The summed E-state index contributed by atoms with van der Waals surface area (Å²) in [5, 5.41) is 2.85. The van der Waals surface area contributed by atoms with Gasteiger partial charge in [0.15, 0.2) is 0 Å². The number of carbonyl (C=O) groups excluding carboxylic acids is 2. The van der Waals surface area contributed by atoms with Gasteiger partial charge in [0.05, 0.1) is 0 Å². The third kappa shape index (κ3) is 4.69. The molecule has 1 heterocycles. The lowest BCUT2D eigenvalue weighted by molar-refractivity contribution is -0.134. The number of nitrogens with one attached hydrogen (secondary N) is 1. The zero-order chi connectivity index (χ0) is 15.4. The van der Waals surface area contributed by atoms with Gasteiger partial charge in [0.25, 0.3) is 0 Å². The van der Waals surface area contributed by atoms with Gasteiger partial charge in [-0.1, -0.05) is 26.0 Å². The van der Waals surface area contributed by atoms with Crippen LogP contribution >= 0.6 is 22.6 Å². The van der Waals surface area contributed by atoms with E-state index < -0.39 is 0 Å². The van der Waals surface area contributed by atoms with E-state index in [-0.39, 0.29) is 17.9 Å². The molecule has 0 saturated carbocycles. The van der Waals surface area contributed by atoms with Gasteiger partial charge < -0.3 is 10.2 Å². The minimum atomic E-state index is -0.385. The quantitative estimate of drug-likeness (QED) is 0.790. The molecule has 2 amide bonds. The standard InChI is InChI=1S/C16H21IN2O2/c1-11(2)9-14-16(21)19(8-7-15(20)18-14)10-12-3-5-13(17)6-4-12/h3-6,11,14H,7-10H2,1-2H3,(H,18,20). The number of amides is 2. The number of nitrogens with zero attached hydrogens (tertiary/aromatic N) is 1. The molecule has 1 aliphatic heterocycles. The molecule has 1 saturated heterocycles. The van der Waals surface area contributed by atoms with Crippen LogP contribution in [0.4, 0.5) is 0 Å². The topological polar surface area (TPSA) is 49.4 Å². The second kappa shape index (κ2) is 7.24. The molecule has 0 aliphatic carbocycles. The maximum absolute atomic E-state index is 12.6. The van der Waals surface area contributed by atoms with Crippen LogP contribution in [0.2, 0.25) is 0 Å². The van der Waals surface area contributed by atoms with Gasteiger partial charge in [0.1, 0.15) is 6.04 Å². The predicted octanol–water partition coefficient (Wildman–Crippen LogP) is 2.55. The van der Waals surface area contributed by atoms with Crippen LogP contribution in [-0.2, 0) is 16.1 Å². The van der Waals surface area contributed by atoms with Gasteiger partial charge in [-0.05, 0) is 52.6 Å². The Balaban J connectivity index is 2.11. The molecule has 5 heteroatoms. The van der Waals surface area contributed by atoms with Crippen LogP contribution in [0.3, 0.4) is 0 Å². The first-order chi connectivity index (χ1) is 9.95. The van der Waals surface area contributed by atoms with Gasteiger partial charge in [0.2, 0.25) is 11.8 Å². The molecule has 1 unspecified atom stereocenters. The van der Waals surface area contributed by atoms with Crippen molar-refractivity contribution in [3.63, 3.8) is 0 Å². The molecule has 2 rings (SSSR count). The first kappa shape index (κ1) is 16.3. The van der Waals surface area contributed by atoms with Crippen LogP contribution < -0.4 is 5.32 Å². The van der Waals surface area contributed by atoms with E-state index in [9.17, 15) is 9.59 Å². The maximum atomic E-state index is 12.6. The molecule has 0 aromatic heterocycles. The second-order valence-electron chi connectivity index (χ2n) is 5.89. The van der Waals surface area contributed by atoms with E-state index in [4.69, 9.17) is 0 Å². The largest absolute Gasteiger partial charge is 0.344 e. The lowest BCUT2D eigenvalue weighted by Gasteiger charge is -2.25. The van der Waals surface area contributed by atoms with Crippen LogP contribution in [0.1, 0.15) is 32.3 Å².